The molecule has 16 heavy (non-hydrogen) atoms. The molecule has 5 heteroatoms. The Morgan fingerprint density at radius 1 is 1.25 bits per heavy atom. The molecular formula is C11H18ClN3O. The average Bonchev–Trinajstić information content (AvgIpc) is 2.26. The Morgan fingerprint density at radius 3 is 2.62 bits per heavy atom. The predicted molar refractivity (Wildman–Crippen MR) is 64.8 cm³/mol. The Balaban J connectivity index is 0.00000128. The number of piperidine rings is 1. The molecule has 0 aliphatic carbocycles. The molecule has 1 aliphatic heterocycles. The summed E-state index contributed by atoms with van der Waals surface area (Å²) in [6.07, 6.45) is 5.36. The van der Waals surface area contributed by atoms with Crippen LogP contribution in [0.3, 0.4) is 0 Å². The molecular weight excluding hydrogens is 226 g/mol. The highest BCUT2D eigenvalue weighted by Crippen LogP contribution is 2.20. The first-order valence-electron chi connectivity index (χ1n) is 5.49. The van der Waals surface area contributed by atoms with Crippen LogP contribution in [0.5, 0.6) is 5.75 Å². The highest BCUT2D eigenvalue weighted by molar-refractivity contribution is 5.85. The van der Waals surface area contributed by atoms with Crippen molar-refractivity contribution in [1.82, 2.24) is 14.9 Å². The second kappa shape index (κ2) is 6.01. The largest absolute Gasteiger partial charge is 0.504 e. The molecule has 0 spiro atoms. The van der Waals surface area contributed by atoms with E-state index >= 15 is 0 Å². The lowest BCUT2D eigenvalue weighted by molar-refractivity contribution is 0.215. The molecule has 1 aromatic rings. The summed E-state index contributed by atoms with van der Waals surface area (Å²) in [5, 5.41) is 9.78. The van der Waals surface area contributed by atoms with Gasteiger partial charge in [-0.25, -0.2) is 9.97 Å². The minimum absolute atomic E-state index is 0. The average molecular weight is 244 g/mol. The van der Waals surface area contributed by atoms with Crippen LogP contribution in [0.1, 0.15) is 30.7 Å². The number of aromatic hydroxyl groups is 1. The van der Waals surface area contributed by atoms with Crippen LogP contribution < -0.4 is 0 Å². The zero-order valence-corrected chi connectivity index (χ0v) is 10.3. The van der Waals surface area contributed by atoms with Crippen LogP contribution in [0, 0.1) is 6.92 Å². The van der Waals surface area contributed by atoms with Crippen molar-refractivity contribution in [3.05, 3.63) is 17.7 Å². The zero-order valence-electron chi connectivity index (χ0n) is 9.52. The lowest BCUT2D eigenvalue weighted by Gasteiger charge is -2.26. The van der Waals surface area contributed by atoms with Crippen molar-refractivity contribution in [1.29, 1.82) is 0 Å². The Morgan fingerprint density at radius 2 is 1.94 bits per heavy atom. The van der Waals surface area contributed by atoms with Gasteiger partial charge < -0.3 is 5.11 Å². The van der Waals surface area contributed by atoms with E-state index in [0.717, 1.165) is 25.3 Å². The number of hydrogen-bond donors (Lipinski definition) is 1. The Labute approximate surface area is 102 Å². The molecule has 0 amide bonds. The van der Waals surface area contributed by atoms with Crippen LogP contribution in [-0.2, 0) is 6.54 Å². The van der Waals surface area contributed by atoms with Gasteiger partial charge in [0.15, 0.2) is 5.75 Å². The third-order valence-corrected chi connectivity index (χ3v) is 2.90. The number of hydrogen-bond acceptors (Lipinski definition) is 4. The fourth-order valence-corrected chi connectivity index (χ4v) is 1.96. The maximum atomic E-state index is 9.78. The number of rotatable bonds is 2. The number of halogens is 1. The van der Waals surface area contributed by atoms with E-state index in [4.69, 9.17) is 0 Å². The van der Waals surface area contributed by atoms with Crippen LogP contribution in [0.25, 0.3) is 0 Å². The van der Waals surface area contributed by atoms with Gasteiger partial charge in [-0.2, -0.15) is 0 Å². The van der Waals surface area contributed by atoms with Crippen LogP contribution in [-0.4, -0.2) is 33.1 Å². The first-order chi connectivity index (χ1) is 7.27. The van der Waals surface area contributed by atoms with E-state index in [1.807, 2.05) is 0 Å². The Hall–Kier alpha value is -0.870. The van der Waals surface area contributed by atoms with E-state index in [1.54, 1.807) is 6.92 Å². The lowest BCUT2D eigenvalue weighted by Crippen LogP contribution is -2.29. The fraction of sp³-hybridized carbons (Fsp3) is 0.636. The molecule has 2 heterocycles. The van der Waals surface area contributed by atoms with Gasteiger partial charge in [0.25, 0.3) is 0 Å². The predicted octanol–water partition coefficient (Wildman–Crippen LogP) is 1.90. The van der Waals surface area contributed by atoms with Gasteiger partial charge in [-0.15, -0.1) is 12.4 Å². The highest BCUT2D eigenvalue weighted by Gasteiger charge is 2.14. The van der Waals surface area contributed by atoms with Gasteiger partial charge in [-0.3, -0.25) is 4.90 Å². The van der Waals surface area contributed by atoms with Gasteiger partial charge in [0.1, 0.15) is 6.33 Å². The summed E-state index contributed by atoms with van der Waals surface area (Å²) in [4.78, 5) is 10.4. The van der Waals surface area contributed by atoms with Crippen molar-refractivity contribution in [2.45, 2.75) is 32.7 Å². The first-order valence-corrected chi connectivity index (χ1v) is 5.49. The molecule has 1 aliphatic rings. The third kappa shape index (κ3) is 3.06. The summed E-state index contributed by atoms with van der Waals surface area (Å²) in [5.41, 5.74) is 1.42. The smallest absolute Gasteiger partial charge is 0.159 e. The number of aryl methyl sites for hydroxylation is 1. The molecule has 0 unspecified atom stereocenters. The fourth-order valence-electron chi connectivity index (χ4n) is 1.96. The monoisotopic (exact) mass is 243 g/mol. The quantitative estimate of drug-likeness (QED) is 0.862. The van der Waals surface area contributed by atoms with E-state index in [0.29, 0.717) is 5.69 Å². The van der Waals surface area contributed by atoms with E-state index < -0.39 is 0 Å². The van der Waals surface area contributed by atoms with Crippen molar-refractivity contribution in [2.24, 2.45) is 0 Å². The van der Waals surface area contributed by atoms with Crippen molar-refractivity contribution < 1.29 is 5.11 Å². The van der Waals surface area contributed by atoms with E-state index in [2.05, 4.69) is 14.9 Å². The van der Waals surface area contributed by atoms with Crippen molar-refractivity contribution >= 4 is 12.4 Å². The van der Waals surface area contributed by atoms with Crippen molar-refractivity contribution in [2.75, 3.05) is 13.1 Å². The summed E-state index contributed by atoms with van der Waals surface area (Å²) in [5.74, 6) is 0.253. The molecule has 0 aromatic carbocycles. The maximum absolute atomic E-state index is 9.78. The summed E-state index contributed by atoms with van der Waals surface area (Å²) in [6.45, 7) is 4.77. The van der Waals surface area contributed by atoms with Gasteiger partial charge in [-0.05, 0) is 32.9 Å². The molecule has 0 atom stereocenters. The summed E-state index contributed by atoms with van der Waals surface area (Å²) >= 11 is 0. The summed E-state index contributed by atoms with van der Waals surface area (Å²) < 4.78 is 0. The van der Waals surface area contributed by atoms with Gasteiger partial charge in [0.2, 0.25) is 0 Å². The lowest BCUT2D eigenvalue weighted by atomic mass is 10.1. The molecule has 0 bridgehead atoms. The molecule has 1 saturated heterocycles. The molecule has 90 valence electrons. The van der Waals surface area contributed by atoms with Gasteiger partial charge in [0.05, 0.1) is 11.4 Å². The Kier molecular flexibility index (Phi) is 4.96. The van der Waals surface area contributed by atoms with E-state index in [9.17, 15) is 5.11 Å². The van der Waals surface area contributed by atoms with Crippen LogP contribution >= 0.6 is 12.4 Å². The minimum Gasteiger partial charge on any atom is -0.504 e. The summed E-state index contributed by atoms with van der Waals surface area (Å²) in [6, 6.07) is 0. The molecule has 1 fully saturated rings. The van der Waals surface area contributed by atoms with Gasteiger partial charge in [0, 0.05) is 6.54 Å². The van der Waals surface area contributed by atoms with Crippen LogP contribution in [0.4, 0.5) is 0 Å². The highest BCUT2D eigenvalue weighted by atomic mass is 35.5. The zero-order chi connectivity index (χ0) is 10.7. The topological polar surface area (TPSA) is 49.2 Å². The number of nitrogens with zero attached hydrogens (tertiary/aromatic N) is 3. The number of aromatic nitrogens is 2. The van der Waals surface area contributed by atoms with E-state index in [-0.39, 0.29) is 18.2 Å². The van der Waals surface area contributed by atoms with E-state index in [1.165, 1.54) is 25.6 Å². The molecule has 1 aromatic heterocycles. The molecule has 0 radical (unpaired) electrons. The number of likely N-dealkylation sites (tertiary alicyclic amines) is 1. The van der Waals surface area contributed by atoms with Gasteiger partial charge in [-0.1, -0.05) is 6.42 Å². The SMILES string of the molecule is Cc1ncnc(CN2CCCCC2)c1O.Cl. The molecule has 2 rings (SSSR count). The third-order valence-electron chi connectivity index (χ3n) is 2.90. The second-order valence-corrected chi connectivity index (χ2v) is 4.09. The molecule has 4 nitrogen and oxygen atoms in total. The minimum atomic E-state index is 0. The Bertz CT molecular complexity index is 340. The van der Waals surface area contributed by atoms with Gasteiger partial charge >= 0.3 is 0 Å². The molecule has 1 N–H and O–H groups in total. The van der Waals surface area contributed by atoms with Crippen molar-refractivity contribution in [3.8, 4) is 5.75 Å². The van der Waals surface area contributed by atoms with Crippen LogP contribution in [0.2, 0.25) is 0 Å². The van der Waals surface area contributed by atoms with Crippen LogP contribution in [0.15, 0.2) is 6.33 Å². The molecule has 0 saturated carbocycles. The standard InChI is InChI=1S/C11H17N3O.ClH/c1-9-11(15)10(13-8-12-9)7-14-5-3-2-4-6-14;/h8,15H,2-7H2,1H3;1H. The van der Waals surface area contributed by atoms with Crippen molar-refractivity contribution in [3.63, 3.8) is 0 Å². The normalized spacial score (nSPS) is 16.8. The second-order valence-electron chi connectivity index (χ2n) is 4.09. The maximum Gasteiger partial charge on any atom is 0.159 e. The summed E-state index contributed by atoms with van der Waals surface area (Å²) in [7, 11) is 0. The first kappa shape index (κ1) is 13.2.